The van der Waals surface area contributed by atoms with E-state index >= 15 is 0 Å². The van der Waals surface area contributed by atoms with Crippen molar-refractivity contribution in [1.82, 2.24) is 15.0 Å². The third-order valence-corrected chi connectivity index (χ3v) is 3.81. The molecule has 1 aromatic heterocycles. The van der Waals surface area contributed by atoms with Crippen LogP contribution in [-0.2, 0) is 4.79 Å². The van der Waals surface area contributed by atoms with Crippen molar-refractivity contribution in [3.63, 3.8) is 0 Å². The Kier molecular flexibility index (Phi) is 5.70. The summed E-state index contributed by atoms with van der Waals surface area (Å²) in [4.78, 5) is 12.5. The van der Waals surface area contributed by atoms with Crippen LogP contribution >= 0.6 is 0 Å². The van der Waals surface area contributed by atoms with E-state index < -0.39 is 0 Å². The molecule has 0 aliphatic carbocycles. The van der Waals surface area contributed by atoms with Gasteiger partial charge in [0.15, 0.2) is 0 Å². The van der Waals surface area contributed by atoms with Crippen LogP contribution in [-0.4, -0.2) is 20.9 Å². The van der Waals surface area contributed by atoms with Gasteiger partial charge in [-0.15, -0.1) is 5.10 Å². The molecule has 0 radical (unpaired) electrons. The van der Waals surface area contributed by atoms with Gasteiger partial charge < -0.3 is 5.32 Å². The highest BCUT2D eigenvalue weighted by Gasteiger charge is 2.27. The minimum atomic E-state index is -0.230. The molecule has 3 rings (SSSR count). The van der Waals surface area contributed by atoms with Crippen LogP contribution in [0, 0.1) is 0 Å². The van der Waals surface area contributed by atoms with Crippen LogP contribution in [0.15, 0.2) is 55.1 Å². The Morgan fingerprint density at radius 2 is 1.76 bits per heavy atom. The molecule has 1 aliphatic rings. The minimum Gasteiger partial charge on any atom is -0.321 e. The maximum absolute atomic E-state index is 12.5. The van der Waals surface area contributed by atoms with E-state index in [0.717, 1.165) is 16.9 Å². The second-order valence-corrected chi connectivity index (χ2v) is 5.56. The molecule has 1 aliphatic heterocycles. The molecule has 0 atom stereocenters. The van der Waals surface area contributed by atoms with Gasteiger partial charge in [0.25, 0.3) is 5.91 Å². The highest BCUT2D eigenvalue weighted by atomic mass is 16.1. The summed E-state index contributed by atoms with van der Waals surface area (Å²) in [6.45, 7) is 15.7. The first kappa shape index (κ1) is 18.4. The van der Waals surface area contributed by atoms with Gasteiger partial charge in [0.2, 0.25) is 0 Å². The lowest BCUT2D eigenvalue weighted by atomic mass is 9.96. The third-order valence-electron chi connectivity index (χ3n) is 3.81. The van der Waals surface area contributed by atoms with Gasteiger partial charge in [-0.1, -0.05) is 62.6 Å². The van der Waals surface area contributed by atoms with Crippen molar-refractivity contribution in [1.29, 1.82) is 0 Å². The molecule has 2 aromatic rings. The average molecular weight is 336 g/mol. The lowest BCUT2D eigenvalue weighted by Crippen LogP contribution is -2.18. The first-order valence-electron chi connectivity index (χ1n) is 8.44. The lowest BCUT2D eigenvalue weighted by Gasteiger charge is -2.19. The van der Waals surface area contributed by atoms with Crippen LogP contribution in [0.4, 0.5) is 5.69 Å². The molecule has 25 heavy (non-hydrogen) atoms. The Bertz CT molecular complexity index is 843. The standard InChI is InChI=1S/C18H18N4O.C2H6/c1-5-12-13(6-2)18(23)19-15-10-8-7-9-14(15)17-16(12)20-21-22(17)11(3)4;1-2/h5-11H,1-2H2,3-4H3,(H,19,23);1-2H3. The van der Waals surface area contributed by atoms with Crippen LogP contribution in [0.5, 0.6) is 0 Å². The van der Waals surface area contributed by atoms with Crippen LogP contribution in [0.1, 0.15) is 39.4 Å². The second kappa shape index (κ2) is 7.75. The van der Waals surface area contributed by atoms with E-state index in [9.17, 15) is 4.79 Å². The number of anilines is 1. The van der Waals surface area contributed by atoms with Crippen molar-refractivity contribution in [2.75, 3.05) is 5.32 Å². The fourth-order valence-electron chi connectivity index (χ4n) is 2.73. The summed E-state index contributed by atoms with van der Waals surface area (Å²) < 4.78 is 1.86. The van der Waals surface area contributed by atoms with Crippen LogP contribution in [0.25, 0.3) is 16.8 Å². The molecule has 0 fully saturated rings. The quantitative estimate of drug-likeness (QED) is 0.889. The highest BCUT2D eigenvalue weighted by Crippen LogP contribution is 2.37. The van der Waals surface area contributed by atoms with Crippen LogP contribution in [0.2, 0.25) is 0 Å². The van der Waals surface area contributed by atoms with E-state index in [1.165, 1.54) is 6.08 Å². The SMILES string of the molecule is C=C/C1=C(\C=C)c2nnn(C(C)C)c2-c2ccccc2NC1=O.CC. The molecule has 0 spiro atoms. The van der Waals surface area contributed by atoms with Crippen molar-refractivity contribution in [3.8, 4) is 11.3 Å². The molecular formula is C20H24N4O. The van der Waals surface area contributed by atoms with Crippen molar-refractivity contribution in [2.24, 2.45) is 0 Å². The fourth-order valence-corrected chi connectivity index (χ4v) is 2.73. The van der Waals surface area contributed by atoms with E-state index in [0.29, 0.717) is 16.8 Å². The number of carbonyl (C=O) groups is 1. The molecule has 5 nitrogen and oxygen atoms in total. The van der Waals surface area contributed by atoms with Gasteiger partial charge in [0.1, 0.15) is 5.69 Å². The van der Waals surface area contributed by atoms with Crippen molar-refractivity contribution < 1.29 is 4.79 Å². The van der Waals surface area contributed by atoms with Crippen LogP contribution in [0.3, 0.4) is 0 Å². The Morgan fingerprint density at radius 3 is 2.36 bits per heavy atom. The monoisotopic (exact) mass is 336 g/mol. The topological polar surface area (TPSA) is 59.8 Å². The molecule has 1 N–H and O–H groups in total. The predicted octanol–water partition coefficient (Wildman–Crippen LogP) is 4.63. The molecule has 0 bridgehead atoms. The Labute approximate surface area is 148 Å². The summed E-state index contributed by atoms with van der Waals surface area (Å²) in [5, 5.41) is 11.5. The van der Waals surface area contributed by atoms with E-state index in [4.69, 9.17) is 0 Å². The normalized spacial score (nSPS) is 15.8. The Balaban J connectivity index is 0.00000109. The average Bonchev–Trinajstić information content (AvgIpc) is 3.05. The summed E-state index contributed by atoms with van der Waals surface area (Å²) in [7, 11) is 0. The van der Waals surface area contributed by atoms with Crippen molar-refractivity contribution in [3.05, 3.63) is 60.8 Å². The molecule has 0 unspecified atom stereocenters. The first-order chi connectivity index (χ1) is 12.1. The Hall–Kier alpha value is -2.95. The largest absolute Gasteiger partial charge is 0.321 e. The summed E-state index contributed by atoms with van der Waals surface area (Å²) in [5.41, 5.74) is 4.19. The van der Waals surface area contributed by atoms with Gasteiger partial charge in [-0.3, -0.25) is 4.79 Å². The first-order valence-corrected chi connectivity index (χ1v) is 8.44. The molecular weight excluding hydrogens is 312 g/mol. The summed E-state index contributed by atoms with van der Waals surface area (Å²) >= 11 is 0. The highest BCUT2D eigenvalue weighted by molar-refractivity contribution is 6.15. The van der Waals surface area contributed by atoms with Gasteiger partial charge in [-0.05, 0) is 19.9 Å². The maximum atomic E-state index is 12.5. The van der Waals surface area contributed by atoms with Gasteiger partial charge >= 0.3 is 0 Å². The molecule has 2 heterocycles. The van der Waals surface area contributed by atoms with Crippen LogP contribution < -0.4 is 5.32 Å². The fraction of sp³-hybridized carbons (Fsp3) is 0.250. The van der Waals surface area contributed by atoms with E-state index in [1.807, 2.05) is 56.6 Å². The van der Waals surface area contributed by atoms with E-state index in [1.54, 1.807) is 6.08 Å². The number of rotatable bonds is 3. The number of allylic oxidation sites excluding steroid dienone is 2. The predicted molar refractivity (Wildman–Crippen MR) is 103 cm³/mol. The number of para-hydroxylation sites is 1. The molecule has 1 amide bonds. The third kappa shape index (κ3) is 3.18. The summed E-state index contributed by atoms with van der Waals surface area (Å²) in [6, 6.07) is 7.77. The van der Waals surface area contributed by atoms with Gasteiger partial charge in [-0.25, -0.2) is 4.68 Å². The number of amides is 1. The smallest absolute Gasteiger partial charge is 0.256 e. The maximum Gasteiger partial charge on any atom is 0.256 e. The number of benzene rings is 1. The molecule has 1 aromatic carbocycles. The summed E-state index contributed by atoms with van der Waals surface area (Å²) in [5.74, 6) is -0.230. The molecule has 0 saturated heterocycles. The number of aromatic nitrogens is 3. The van der Waals surface area contributed by atoms with E-state index in [2.05, 4.69) is 28.8 Å². The second-order valence-electron chi connectivity index (χ2n) is 5.56. The van der Waals surface area contributed by atoms with Gasteiger partial charge in [0, 0.05) is 22.8 Å². The minimum absolute atomic E-state index is 0.132. The number of hydrogen-bond acceptors (Lipinski definition) is 3. The molecule has 130 valence electrons. The number of hydrogen-bond donors (Lipinski definition) is 1. The Morgan fingerprint density at radius 1 is 1.12 bits per heavy atom. The molecule has 0 saturated carbocycles. The lowest BCUT2D eigenvalue weighted by molar-refractivity contribution is -0.112. The summed E-state index contributed by atoms with van der Waals surface area (Å²) in [6.07, 6.45) is 3.15. The number of fused-ring (bicyclic) bond motifs is 3. The number of carbonyl (C=O) groups excluding carboxylic acids is 1. The van der Waals surface area contributed by atoms with Gasteiger partial charge in [0.05, 0.1) is 11.4 Å². The van der Waals surface area contributed by atoms with Crippen molar-refractivity contribution >= 4 is 17.2 Å². The van der Waals surface area contributed by atoms with E-state index in [-0.39, 0.29) is 11.9 Å². The zero-order chi connectivity index (χ0) is 18.6. The zero-order valence-corrected chi connectivity index (χ0v) is 15.2. The number of nitrogens with zero attached hydrogens (tertiary/aromatic N) is 3. The molecule has 5 heteroatoms. The van der Waals surface area contributed by atoms with Crippen molar-refractivity contribution in [2.45, 2.75) is 33.7 Å². The van der Waals surface area contributed by atoms with Gasteiger partial charge in [-0.2, -0.15) is 0 Å². The number of nitrogens with one attached hydrogen (secondary N) is 1. The zero-order valence-electron chi connectivity index (χ0n) is 15.2.